The van der Waals surface area contributed by atoms with Gasteiger partial charge in [0.15, 0.2) is 5.60 Å². The van der Waals surface area contributed by atoms with Gasteiger partial charge in [-0.1, -0.05) is 50.6 Å². The van der Waals surface area contributed by atoms with Gasteiger partial charge in [0.2, 0.25) is 0 Å². The lowest BCUT2D eigenvalue weighted by molar-refractivity contribution is -0.128. The molecule has 0 spiro atoms. The van der Waals surface area contributed by atoms with E-state index in [1.807, 2.05) is 42.5 Å². The van der Waals surface area contributed by atoms with Gasteiger partial charge in [0.1, 0.15) is 5.75 Å². The third-order valence-corrected chi connectivity index (χ3v) is 5.51. The predicted molar refractivity (Wildman–Crippen MR) is 123 cm³/mol. The Labute approximate surface area is 184 Å². The van der Waals surface area contributed by atoms with Crippen LogP contribution in [0.1, 0.15) is 40.2 Å². The van der Waals surface area contributed by atoms with Crippen LogP contribution in [-0.4, -0.2) is 37.8 Å². The van der Waals surface area contributed by atoms with E-state index < -0.39 is 5.60 Å². The summed E-state index contributed by atoms with van der Waals surface area (Å²) in [5.74, 6) is 0.418. The van der Waals surface area contributed by atoms with Crippen LogP contribution in [0, 0.1) is 0 Å². The molecule has 1 aliphatic heterocycles. The average Bonchev–Trinajstić information content (AvgIpc) is 2.68. The van der Waals surface area contributed by atoms with Crippen molar-refractivity contribution in [2.24, 2.45) is 0 Å². The van der Waals surface area contributed by atoms with Gasteiger partial charge in [-0.2, -0.15) is 0 Å². The minimum atomic E-state index is -1.06. The summed E-state index contributed by atoms with van der Waals surface area (Å²) in [6.07, 6.45) is 0. The number of ether oxygens (including phenoxy) is 2. The fourth-order valence-corrected chi connectivity index (χ4v) is 3.66. The molecule has 0 saturated carbocycles. The smallest absolute Gasteiger partial charge is 0.268 e. The number of carbonyl (C=O) groups excluding carboxylic acids is 1. The summed E-state index contributed by atoms with van der Waals surface area (Å²) in [5.41, 5.74) is 1.71. The zero-order chi connectivity index (χ0) is 21.9. The quantitative estimate of drug-likeness (QED) is 0.702. The maximum atomic E-state index is 13.1. The van der Waals surface area contributed by atoms with Gasteiger partial charge in [-0.25, -0.2) is 0 Å². The minimum absolute atomic E-state index is 0.0634. The van der Waals surface area contributed by atoms with Gasteiger partial charge in [-0.3, -0.25) is 4.79 Å². The zero-order valence-corrected chi connectivity index (χ0v) is 19.2. The number of halogens is 1. The summed E-state index contributed by atoms with van der Waals surface area (Å²) in [4.78, 5) is 15.2. The van der Waals surface area contributed by atoms with Crippen molar-refractivity contribution in [3.05, 3.63) is 53.1 Å². The maximum absolute atomic E-state index is 13.1. The molecule has 1 N–H and O–H groups in total. The Morgan fingerprint density at radius 1 is 1.03 bits per heavy atom. The van der Waals surface area contributed by atoms with Gasteiger partial charge >= 0.3 is 0 Å². The number of hydrogen-bond donors (Lipinski definition) is 1. The van der Waals surface area contributed by atoms with Gasteiger partial charge in [0.05, 0.1) is 29.6 Å². The molecule has 0 unspecified atom stereocenters. The molecule has 1 amide bonds. The van der Waals surface area contributed by atoms with Gasteiger partial charge in [0, 0.05) is 13.1 Å². The van der Waals surface area contributed by atoms with Gasteiger partial charge in [-0.05, 0) is 49.1 Å². The van der Waals surface area contributed by atoms with Crippen LogP contribution in [0.15, 0.2) is 42.5 Å². The molecule has 1 fully saturated rings. The van der Waals surface area contributed by atoms with Crippen LogP contribution in [0.3, 0.4) is 0 Å². The normalized spacial score (nSPS) is 15.1. The highest BCUT2D eigenvalue weighted by atomic mass is 35.5. The summed E-state index contributed by atoms with van der Waals surface area (Å²) >= 11 is 6.48. The van der Waals surface area contributed by atoms with Crippen molar-refractivity contribution >= 4 is 28.9 Å². The van der Waals surface area contributed by atoms with Crippen molar-refractivity contribution in [3.8, 4) is 5.75 Å². The molecular weight excluding hydrogens is 400 g/mol. The Hall–Kier alpha value is -2.24. The van der Waals surface area contributed by atoms with E-state index in [4.69, 9.17) is 21.1 Å². The second kappa shape index (κ2) is 8.86. The highest BCUT2D eigenvalue weighted by Gasteiger charge is 2.31. The van der Waals surface area contributed by atoms with Crippen molar-refractivity contribution in [2.75, 3.05) is 36.5 Å². The number of nitrogens with zero attached hydrogens (tertiary/aromatic N) is 1. The number of para-hydroxylation sites is 1. The van der Waals surface area contributed by atoms with Crippen LogP contribution in [0.2, 0.25) is 5.02 Å². The molecule has 1 saturated heterocycles. The van der Waals surface area contributed by atoms with Crippen LogP contribution in [0.5, 0.6) is 5.75 Å². The Balaban J connectivity index is 1.75. The topological polar surface area (TPSA) is 50.8 Å². The number of benzene rings is 2. The first kappa shape index (κ1) is 22.4. The monoisotopic (exact) mass is 430 g/mol. The van der Waals surface area contributed by atoms with Gasteiger partial charge < -0.3 is 19.7 Å². The Morgan fingerprint density at radius 2 is 1.67 bits per heavy atom. The number of anilines is 2. The lowest BCUT2D eigenvalue weighted by atomic mass is 9.87. The molecule has 0 radical (unpaired) electrons. The first-order chi connectivity index (χ1) is 14.1. The minimum Gasteiger partial charge on any atom is -0.478 e. The summed E-state index contributed by atoms with van der Waals surface area (Å²) < 4.78 is 11.5. The number of amides is 1. The molecule has 1 heterocycles. The van der Waals surface area contributed by atoms with Gasteiger partial charge in [-0.15, -0.1) is 0 Å². The number of carbonyl (C=O) groups is 1. The Kier molecular flexibility index (Phi) is 6.63. The predicted octanol–water partition coefficient (Wildman–Crippen LogP) is 5.27. The second-order valence-corrected chi connectivity index (χ2v) is 9.48. The third kappa shape index (κ3) is 5.27. The van der Waals surface area contributed by atoms with Gasteiger partial charge in [0.25, 0.3) is 5.91 Å². The van der Waals surface area contributed by atoms with Crippen LogP contribution in [0.4, 0.5) is 11.4 Å². The third-order valence-electron chi connectivity index (χ3n) is 5.20. The molecule has 6 heteroatoms. The van der Waals surface area contributed by atoms with E-state index in [2.05, 4.69) is 31.0 Å². The molecule has 3 rings (SSSR count). The largest absolute Gasteiger partial charge is 0.478 e. The number of nitrogens with one attached hydrogen (secondary N) is 1. The van der Waals surface area contributed by atoms with Crippen LogP contribution >= 0.6 is 11.6 Å². The Bertz CT molecular complexity index is 882. The average molecular weight is 431 g/mol. The lowest BCUT2D eigenvalue weighted by Crippen LogP contribution is -2.43. The SMILES string of the molecule is CC(C)(Oc1ccc(C(C)(C)C)cc1)C(=O)Nc1cccc(Cl)c1N1CCOCC1. The number of morpholine rings is 1. The maximum Gasteiger partial charge on any atom is 0.268 e. The molecule has 5 nitrogen and oxygen atoms in total. The molecule has 0 aromatic heterocycles. The molecule has 2 aromatic rings. The first-order valence-electron chi connectivity index (χ1n) is 10.3. The highest BCUT2D eigenvalue weighted by molar-refractivity contribution is 6.34. The summed E-state index contributed by atoms with van der Waals surface area (Å²) in [6.45, 7) is 12.7. The van der Waals surface area contributed by atoms with E-state index in [0.717, 1.165) is 18.8 Å². The molecule has 2 aromatic carbocycles. The molecule has 0 aliphatic carbocycles. The van der Waals surface area contributed by atoms with Crippen molar-refractivity contribution in [1.29, 1.82) is 0 Å². The van der Waals surface area contributed by atoms with E-state index in [1.165, 1.54) is 5.56 Å². The van der Waals surface area contributed by atoms with Crippen LogP contribution in [0.25, 0.3) is 0 Å². The van der Waals surface area contributed by atoms with Crippen LogP contribution in [-0.2, 0) is 14.9 Å². The van der Waals surface area contributed by atoms with E-state index in [9.17, 15) is 4.79 Å². The van der Waals surface area contributed by atoms with Crippen molar-refractivity contribution in [1.82, 2.24) is 0 Å². The van der Waals surface area contributed by atoms with E-state index >= 15 is 0 Å². The van der Waals surface area contributed by atoms with Crippen molar-refractivity contribution in [3.63, 3.8) is 0 Å². The lowest BCUT2D eigenvalue weighted by Gasteiger charge is -2.32. The molecule has 0 atom stereocenters. The zero-order valence-electron chi connectivity index (χ0n) is 18.4. The van der Waals surface area contributed by atoms with Crippen molar-refractivity contribution in [2.45, 2.75) is 45.6 Å². The van der Waals surface area contributed by atoms with E-state index in [1.54, 1.807) is 13.8 Å². The molecule has 1 aliphatic rings. The standard InChI is InChI=1S/C24H31ClN2O3/c1-23(2,3)17-9-11-18(12-10-17)30-24(4,5)22(28)26-20-8-6-7-19(25)21(20)27-13-15-29-16-14-27/h6-12H,13-16H2,1-5H3,(H,26,28). The summed E-state index contributed by atoms with van der Waals surface area (Å²) in [6, 6.07) is 13.4. The first-order valence-corrected chi connectivity index (χ1v) is 10.7. The second-order valence-electron chi connectivity index (χ2n) is 9.08. The molecular formula is C24H31ClN2O3. The summed E-state index contributed by atoms with van der Waals surface area (Å²) in [7, 11) is 0. The molecule has 162 valence electrons. The van der Waals surface area contributed by atoms with E-state index in [0.29, 0.717) is 29.7 Å². The van der Waals surface area contributed by atoms with Crippen molar-refractivity contribution < 1.29 is 14.3 Å². The number of rotatable bonds is 5. The van der Waals surface area contributed by atoms with E-state index in [-0.39, 0.29) is 11.3 Å². The summed E-state index contributed by atoms with van der Waals surface area (Å²) in [5, 5.41) is 3.62. The Morgan fingerprint density at radius 3 is 2.27 bits per heavy atom. The molecule has 0 bridgehead atoms. The fourth-order valence-electron chi connectivity index (χ4n) is 3.36. The van der Waals surface area contributed by atoms with Crippen LogP contribution < -0.4 is 15.0 Å². The number of hydrogen-bond acceptors (Lipinski definition) is 4. The molecule has 30 heavy (non-hydrogen) atoms. The highest BCUT2D eigenvalue weighted by Crippen LogP contribution is 2.35. The fraction of sp³-hybridized carbons (Fsp3) is 0.458.